The number of rotatable bonds is 5. The molecule has 0 fully saturated rings. The summed E-state index contributed by atoms with van der Waals surface area (Å²) < 4.78 is 0. The average molecular weight is 367 g/mol. The van der Waals surface area contributed by atoms with Gasteiger partial charge in [0.15, 0.2) is 5.16 Å². The first-order chi connectivity index (χ1) is 12.2. The molecule has 3 aromatic rings. The molecule has 2 N–H and O–H groups in total. The van der Waals surface area contributed by atoms with Crippen molar-refractivity contribution in [1.29, 1.82) is 5.26 Å². The predicted molar refractivity (Wildman–Crippen MR) is 101 cm³/mol. The number of nitriles is 1. The monoisotopic (exact) mass is 366 g/mol. The molecule has 0 aliphatic rings. The van der Waals surface area contributed by atoms with Crippen LogP contribution in [-0.2, 0) is 12.2 Å². The van der Waals surface area contributed by atoms with E-state index in [1.165, 1.54) is 17.3 Å². The summed E-state index contributed by atoms with van der Waals surface area (Å²) in [6.07, 6.45) is 0.439. The van der Waals surface area contributed by atoms with Crippen molar-refractivity contribution in [1.82, 2.24) is 9.97 Å². The van der Waals surface area contributed by atoms with Gasteiger partial charge in [-0.15, -0.1) is 0 Å². The zero-order valence-electron chi connectivity index (χ0n) is 13.3. The number of nitrogen functional groups attached to an aromatic ring is 1. The van der Waals surface area contributed by atoms with Gasteiger partial charge in [0.25, 0.3) is 0 Å². The molecular formula is C19H15ClN4S. The lowest BCUT2D eigenvalue weighted by Crippen LogP contribution is -2.06. The van der Waals surface area contributed by atoms with Gasteiger partial charge in [-0.1, -0.05) is 71.9 Å². The summed E-state index contributed by atoms with van der Waals surface area (Å²) in [6.45, 7) is 0. The molecule has 1 heterocycles. The third-order valence-electron chi connectivity index (χ3n) is 3.63. The lowest BCUT2D eigenvalue weighted by atomic mass is 10.1. The summed E-state index contributed by atoms with van der Waals surface area (Å²) in [6, 6.07) is 19.7. The molecule has 0 aliphatic carbocycles. The van der Waals surface area contributed by atoms with Crippen molar-refractivity contribution in [3.05, 3.63) is 82.0 Å². The van der Waals surface area contributed by atoms with Gasteiger partial charge in [-0.25, -0.2) is 9.97 Å². The first kappa shape index (κ1) is 17.3. The van der Waals surface area contributed by atoms with E-state index in [-0.39, 0.29) is 5.82 Å². The molecule has 0 unspecified atom stereocenters. The van der Waals surface area contributed by atoms with E-state index in [0.29, 0.717) is 27.9 Å². The molecule has 124 valence electrons. The maximum Gasteiger partial charge on any atom is 0.190 e. The average Bonchev–Trinajstić information content (AvgIpc) is 2.63. The van der Waals surface area contributed by atoms with Crippen LogP contribution in [0.5, 0.6) is 0 Å². The highest BCUT2D eigenvalue weighted by atomic mass is 35.5. The summed E-state index contributed by atoms with van der Waals surface area (Å²) in [4.78, 5) is 8.80. The summed E-state index contributed by atoms with van der Waals surface area (Å²) in [7, 11) is 0. The highest BCUT2D eigenvalue weighted by Gasteiger charge is 2.14. The van der Waals surface area contributed by atoms with E-state index in [2.05, 4.69) is 16.0 Å². The van der Waals surface area contributed by atoms with E-state index in [1.807, 2.05) is 54.6 Å². The van der Waals surface area contributed by atoms with Gasteiger partial charge in [-0.2, -0.15) is 5.26 Å². The number of aromatic nitrogens is 2. The third kappa shape index (κ3) is 4.30. The molecule has 25 heavy (non-hydrogen) atoms. The Morgan fingerprint density at radius 1 is 1.04 bits per heavy atom. The highest BCUT2D eigenvalue weighted by molar-refractivity contribution is 7.98. The Labute approximate surface area is 155 Å². The van der Waals surface area contributed by atoms with E-state index in [1.54, 1.807) is 0 Å². The molecule has 0 aliphatic heterocycles. The van der Waals surface area contributed by atoms with Gasteiger partial charge in [0.05, 0.1) is 5.69 Å². The largest absolute Gasteiger partial charge is 0.382 e. The number of anilines is 1. The second kappa shape index (κ2) is 8.02. The number of hydrogen-bond acceptors (Lipinski definition) is 5. The first-order valence-corrected chi connectivity index (χ1v) is 9.00. The predicted octanol–water partition coefficient (Wildman–Crippen LogP) is 4.47. The zero-order chi connectivity index (χ0) is 17.6. The Balaban J connectivity index is 1.87. The van der Waals surface area contributed by atoms with Gasteiger partial charge in [0, 0.05) is 17.2 Å². The number of nitrogens with two attached hydrogens (primary N) is 1. The fourth-order valence-electron chi connectivity index (χ4n) is 2.36. The Morgan fingerprint density at radius 3 is 2.48 bits per heavy atom. The molecule has 2 aromatic carbocycles. The normalized spacial score (nSPS) is 10.4. The van der Waals surface area contributed by atoms with E-state index in [9.17, 15) is 5.26 Å². The minimum Gasteiger partial charge on any atom is -0.382 e. The van der Waals surface area contributed by atoms with Crippen molar-refractivity contribution in [3.63, 3.8) is 0 Å². The minimum atomic E-state index is 0.204. The lowest BCUT2D eigenvalue weighted by molar-refractivity contribution is 0.902. The molecule has 6 heteroatoms. The molecule has 0 bridgehead atoms. The lowest BCUT2D eigenvalue weighted by Gasteiger charge is -2.09. The molecule has 3 rings (SSSR count). The fraction of sp³-hybridized carbons (Fsp3) is 0.105. The third-order valence-corrected chi connectivity index (χ3v) is 4.92. The van der Waals surface area contributed by atoms with Gasteiger partial charge in [0.1, 0.15) is 17.5 Å². The number of benzene rings is 2. The van der Waals surface area contributed by atoms with Crippen molar-refractivity contribution in [2.24, 2.45) is 0 Å². The van der Waals surface area contributed by atoms with E-state index >= 15 is 0 Å². The summed E-state index contributed by atoms with van der Waals surface area (Å²) in [5.41, 5.74) is 8.95. The van der Waals surface area contributed by atoms with Crippen LogP contribution in [0.3, 0.4) is 0 Å². The van der Waals surface area contributed by atoms with Gasteiger partial charge in [0.2, 0.25) is 0 Å². The Bertz CT molecular complexity index is 922. The standard InChI is InChI=1S/C19H15ClN4S/c20-16-9-5-4-8-14(16)10-17-15(11-21)18(22)24-19(23-17)25-12-13-6-2-1-3-7-13/h1-9H,10,12H2,(H2,22,23,24). The Kier molecular flexibility index (Phi) is 5.54. The van der Waals surface area contributed by atoms with Crippen molar-refractivity contribution in [2.75, 3.05) is 5.73 Å². The van der Waals surface area contributed by atoms with Crippen molar-refractivity contribution in [2.45, 2.75) is 17.3 Å². The van der Waals surface area contributed by atoms with E-state index in [4.69, 9.17) is 17.3 Å². The summed E-state index contributed by atoms with van der Waals surface area (Å²) in [5, 5.41) is 10.6. The summed E-state index contributed by atoms with van der Waals surface area (Å²) >= 11 is 7.72. The Morgan fingerprint density at radius 2 is 1.76 bits per heavy atom. The van der Waals surface area contributed by atoms with Crippen LogP contribution in [0.4, 0.5) is 5.82 Å². The molecule has 1 aromatic heterocycles. The van der Waals surface area contributed by atoms with Crippen molar-refractivity contribution >= 4 is 29.2 Å². The van der Waals surface area contributed by atoms with E-state index < -0.39 is 0 Å². The van der Waals surface area contributed by atoms with Gasteiger partial charge < -0.3 is 5.73 Å². The SMILES string of the molecule is N#Cc1c(N)nc(SCc2ccccc2)nc1Cc1ccccc1Cl. The molecule has 0 saturated heterocycles. The second-order valence-corrected chi connectivity index (χ2v) is 6.72. The maximum atomic E-state index is 9.40. The van der Waals surface area contributed by atoms with Crippen LogP contribution in [0.25, 0.3) is 0 Å². The van der Waals surface area contributed by atoms with Crippen molar-refractivity contribution < 1.29 is 0 Å². The maximum absolute atomic E-state index is 9.40. The van der Waals surface area contributed by atoms with Crippen LogP contribution in [-0.4, -0.2) is 9.97 Å². The zero-order valence-corrected chi connectivity index (χ0v) is 14.9. The van der Waals surface area contributed by atoms with Crippen LogP contribution in [0.15, 0.2) is 59.8 Å². The Hall–Kier alpha value is -2.55. The van der Waals surface area contributed by atoms with Crippen LogP contribution in [0.2, 0.25) is 5.02 Å². The number of hydrogen-bond donors (Lipinski definition) is 1. The molecule has 0 amide bonds. The molecule has 0 saturated carbocycles. The molecule has 0 atom stereocenters. The van der Waals surface area contributed by atoms with Crippen LogP contribution >= 0.6 is 23.4 Å². The van der Waals surface area contributed by atoms with Crippen LogP contribution in [0, 0.1) is 11.3 Å². The topological polar surface area (TPSA) is 75.6 Å². The molecule has 0 spiro atoms. The molecule has 0 radical (unpaired) electrons. The molecular weight excluding hydrogens is 352 g/mol. The number of nitrogens with zero attached hydrogens (tertiary/aromatic N) is 3. The fourth-order valence-corrected chi connectivity index (χ4v) is 3.39. The van der Waals surface area contributed by atoms with Gasteiger partial charge >= 0.3 is 0 Å². The number of thioether (sulfide) groups is 1. The van der Waals surface area contributed by atoms with E-state index in [0.717, 1.165) is 11.3 Å². The van der Waals surface area contributed by atoms with Crippen molar-refractivity contribution in [3.8, 4) is 6.07 Å². The molecule has 4 nitrogen and oxygen atoms in total. The minimum absolute atomic E-state index is 0.204. The van der Waals surface area contributed by atoms with Crippen LogP contribution < -0.4 is 5.73 Å². The first-order valence-electron chi connectivity index (χ1n) is 7.64. The highest BCUT2D eigenvalue weighted by Crippen LogP contribution is 2.26. The summed E-state index contributed by atoms with van der Waals surface area (Å²) in [5.74, 6) is 0.938. The van der Waals surface area contributed by atoms with Gasteiger partial charge in [-0.05, 0) is 17.2 Å². The smallest absolute Gasteiger partial charge is 0.190 e. The quantitative estimate of drug-likeness (QED) is 0.532. The van der Waals surface area contributed by atoms with Crippen LogP contribution in [0.1, 0.15) is 22.4 Å². The second-order valence-electron chi connectivity index (χ2n) is 5.37. The van der Waals surface area contributed by atoms with Gasteiger partial charge in [-0.3, -0.25) is 0 Å². The number of halogens is 1.